The number of carbonyl (C=O) groups is 2. The summed E-state index contributed by atoms with van der Waals surface area (Å²) in [5.41, 5.74) is 5.97. The van der Waals surface area contributed by atoms with Crippen molar-refractivity contribution in [1.29, 1.82) is 0 Å². The molecule has 2 amide bonds. The predicted molar refractivity (Wildman–Crippen MR) is 174 cm³/mol. The number of pyridine rings is 1. The summed E-state index contributed by atoms with van der Waals surface area (Å²) in [6, 6.07) is 21.9. The van der Waals surface area contributed by atoms with Crippen LogP contribution in [0.2, 0.25) is 0 Å². The summed E-state index contributed by atoms with van der Waals surface area (Å²) in [5, 5.41) is 4.31. The van der Waals surface area contributed by atoms with Crippen molar-refractivity contribution in [2.24, 2.45) is 7.05 Å². The van der Waals surface area contributed by atoms with Crippen LogP contribution in [0.5, 0.6) is 0 Å². The Labute approximate surface area is 260 Å². The predicted octanol–water partition coefficient (Wildman–Crippen LogP) is 5.00. The van der Waals surface area contributed by atoms with Gasteiger partial charge in [-0.2, -0.15) is 5.10 Å². The number of piperidine rings is 1. The highest BCUT2D eigenvalue weighted by Gasteiger charge is 2.34. The van der Waals surface area contributed by atoms with Crippen LogP contribution in [-0.2, 0) is 29.6 Å². The molecule has 0 saturated carbocycles. The lowest BCUT2D eigenvalue weighted by Crippen LogP contribution is -2.54. The molecule has 2 aromatic carbocycles. The first kappa shape index (κ1) is 30.9. The molecular formula is C36H42N6O2. The van der Waals surface area contributed by atoms with Crippen LogP contribution in [0.3, 0.4) is 0 Å². The summed E-state index contributed by atoms with van der Waals surface area (Å²) >= 11 is 0. The van der Waals surface area contributed by atoms with Crippen molar-refractivity contribution in [2.45, 2.75) is 44.8 Å². The van der Waals surface area contributed by atoms with Crippen LogP contribution in [-0.4, -0.2) is 80.5 Å². The Balaban J connectivity index is 1.47. The van der Waals surface area contributed by atoms with Gasteiger partial charge in [-0.05, 0) is 74.3 Å². The number of aromatic nitrogens is 3. The number of aryl methyl sites for hydroxylation is 1. The maximum absolute atomic E-state index is 14.4. The maximum atomic E-state index is 14.4. The molecule has 1 aliphatic rings. The number of likely N-dealkylation sites (tertiary alicyclic amines) is 1. The largest absolute Gasteiger partial charge is 0.341 e. The lowest BCUT2D eigenvalue weighted by Gasteiger charge is -2.39. The summed E-state index contributed by atoms with van der Waals surface area (Å²) in [7, 11) is 6.07. The zero-order valence-electron chi connectivity index (χ0n) is 26.1. The molecule has 8 nitrogen and oxygen atoms in total. The Morgan fingerprint density at radius 1 is 0.932 bits per heavy atom. The summed E-state index contributed by atoms with van der Waals surface area (Å²) in [6.07, 6.45) is 11.0. The molecule has 8 heteroatoms. The van der Waals surface area contributed by atoms with E-state index in [2.05, 4.69) is 41.2 Å². The van der Waals surface area contributed by atoms with Crippen molar-refractivity contribution in [3.8, 4) is 11.1 Å². The molecule has 1 fully saturated rings. The Morgan fingerprint density at radius 3 is 2.20 bits per heavy atom. The van der Waals surface area contributed by atoms with E-state index in [-0.39, 0.29) is 11.8 Å². The Bertz CT molecular complexity index is 1560. The van der Waals surface area contributed by atoms with Gasteiger partial charge in [0.2, 0.25) is 11.8 Å². The Hall–Kier alpha value is -4.56. The van der Waals surface area contributed by atoms with Crippen molar-refractivity contribution >= 4 is 17.9 Å². The fourth-order valence-electron chi connectivity index (χ4n) is 5.80. The maximum Gasteiger partial charge on any atom is 0.247 e. The smallest absolute Gasteiger partial charge is 0.247 e. The van der Waals surface area contributed by atoms with Crippen molar-refractivity contribution < 1.29 is 9.59 Å². The van der Waals surface area contributed by atoms with Gasteiger partial charge < -0.3 is 14.7 Å². The average molecular weight is 591 g/mol. The molecule has 0 spiro atoms. The lowest BCUT2D eigenvalue weighted by molar-refractivity contribution is -0.145. The summed E-state index contributed by atoms with van der Waals surface area (Å²) in [5.74, 6) is -0.206. The summed E-state index contributed by atoms with van der Waals surface area (Å²) < 4.78 is 1.78. The van der Waals surface area contributed by atoms with E-state index in [4.69, 9.17) is 0 Å². The van der Waals surface area contributed by atoms with Crippen LogP contribution >= 0.6 is 0 Å². The minimum atomic E-state index is -0.652. The van der Waals surface area contributed by atoms with Gasteiger partial charge in [0.15, 0.2) is 0 Å². The molecule has 1 aliphatic heterocycles. The summed E-state index contributed by atoms with van der Waals surface area (Å²) in [4.78, 5) is 38.5. The topological polar surface area (TPSA) is 74.6 Å². The number of hydrogen-bond donors (Lipinski definition) is 0. The molecule has 4 aromatic rings. The van der Waals surface area contributed by atoms with Crippen molar-refractivity contribution in [3.05, 3.63) is 114 Å². The molecule has 0 N–H and O–H groups in total. The van der Waals surface area contributed by atoms with Crippen LogP contribution in [0.15, 0.2) is 91.4 Å². The van der Waals surface area contributed by atoms with E-state index in [0.29, 0.717) is 32.1 Å². The molecule has 5 rings (SSSR count). The van der Waals surface area contributed by atoms with Gasteiger partial charge in [-0.25, -0.2) is 0 Å². The van der Waals surface area contributed by atoms with Crippen molar-refractivity contribution in [2.75, 3.05) is 27.2 Å². The Kier molecular flexibility index (Phi) is 10.0. The van der Waals surface area contributed by atoms with Gasteiger partial charge in [0.05, 0.1) is 6.20 Å². The second-order valence-corrected chi connectivity index (χ2v) is 11.8. The average Bonchev–Trinajstić information content (AvgIpc) is 3.38. The minimum absolute atomic E-state index is 0.00114. The van der Waals surface area contributed by atoms with Crippen LogP contribution in [0.4, 0.5) is 0 Å². The molecule has 3 heterocycles. The molecule has 0 radical (unpaired) electrons. The number of nitrogens with zero attached hydrogens (tertiary/aromatic N) is 6. The van der Waals surface area contributed by atoms with E-state index >= 15 is 0 Å². The van der Waals surface area contributed by atoms with Gasteiger partial charge in [-0.3, -0.25) is 19.3 Å². The minimum Gasteiger partial charge on any atom is -0.341 e. The van der Waals surface area contributed by atoms with Gasteiger partial charge in [0, 0.05) is 68.9 Å². The van der Waals surface area contributed by atoms with E-state index in [0.717, 1.165) is 46.4 Å². The summed E-state index contributed by atoms with van der Waals surface area (Å²) in [6.45, 7) is 3.64. The fraction of sp³-hybridized carbons (Fsp3) is 0.333. The van der Waals surface area contributed by atoms with Gasteiger partial charge in [0.25, 0.3) is 0 Å². The Morgan fingerprint density at radius 2 is 1.59 bits per heavy atom. The first-order valence-electron chi connectivity index (χ1n) is 15.3. The molecule has 0 aliphatic carbocycles. The highest BCUT2D eigenvalue weighted by molar-refractivity contribution is 5.96. The molecule has 1 saturated heterocycles. The quantitative estimate of drug-likeness (QED) is 0.243. The zero-order chi connectivity index (χ0) is 31.1. The second-order valence-electron chi connectivity index (χ2n) is 11.8. The SMILES string of the molecule is Cc1c(/C=C/C(=O)N(Cc2ccc(-c3ccncc3)cc2)[C@@H](Cc2ccccc2)C(=O)N2CCC(N(C)C)CC2)cnn1C. The number of benzene rings is 2. The van der Waals surface area contributed by atoms with Gasteiger partial charge in [-0.1, -0.05) is 54.6 Å². The standard InChI is InChI=1S/C36H42N6O2/c1-27-32(25-38-40(27)4)14-15-35(43)42(26-29-10-12-30(13-11-29)31-16-20-37-21-17-31)34(24-28-8-6-5-7-9-28)36(44)41-22-18-33(19-23-41)39(2)3/h5-17,20-21,25,33-34H,18-19,22-24,26H2,1-4H3/b15-14+/t34-/m0/s1. The highest BCUT2D eigenvalue weighted by Crippen LogP contribution is 2.23. The van der Waals surface area contributed by atoms with Gasteiger partial charge in [0.1, 0.15) is 6.04 Å². The third kappa shape index (κ3) is 7.50. The first-order valence-corrected chi connectivity index (χ1v) is 15.3. The van der Waals surface area contributed by atoms with Crippen molar-refractivity contribution in [1.82, 2.24) is 29.5 Å². The fourth-order valence-corrected chi connectivity index (χ4v) is 5.80. The van der Waals surface area contributed by atoms with Crippen LogP contribution in [0.1, 0.15) is 35.2 Å². The van der Waals surface area contributed by atoms with Gasteiger partial charge in [-0.15, -0.1) is 0 Å². The highest BCUT2D eigenvalue weighted by atomic mass is 16.2. The number of rotatable bonds is 10. The zero-order valence-corrected chi connectivity index (χ0v) is 26.1. The third-order valence-electron chi connectivity index (χ3n) is 8.72. The van der Waals surface area contributed by atoms with E-state index in [1.165, 1.54) is 0 Å². The first-order chi connectivity index (χ1) is 21.3. The van der Waals surface area contributed by atoms with E-state index in [1.54, 1.807) is 40.3 Å². The molecule has 2 aromatic heterocycles. The van der Waals surface area contributed by atoms with E-state index in [1.807, 2.05) is 73.5 Å². The molecule has 1 atom stereocenters. The number of carbonyl (C=O) groups excluding carboxylic acids is 2. The number of hydrogen-bond acceptors (Lipinski definition) is 5. The van der Waals surface area contributed by atoms with E-state index < -0.39 is 6.04 Å². The molecule has 44 heavy (non-hydrogen) atoms. The normalized spacial score (nSPS) is 14.7. The van der Waals surface area contributed by atoms with Crippen molar-refractivity contribution in [3.63, 3.8) is 0 Å². The molecule has 0 bridgehead atoms. The lowest BCUT2D eigenvalue weighted by atomic mass is 9.98. The van der Waals surface area contributed by atoms with Gasteiger partial charge >= 0.3 is 0 Å². The molecule has 228 valence electrons. The molecular weight excluding hydrogens is 548 g/mol. The van der Waals surface area contributed by atoms with Crippen LogP contribution in [0.25, 0.3) is 17.2 Å². The molecule has 0 unspecified atom stereocenters. The van der Waals surface area contributed by atoms with E-state index in [9.17, 15) is 9.59 Å². The third-order valence-corrected chi connectivity index (χ3v) is 8.72. The second kappa shape index (κ2) is 14.3. The van der Waals surface area contributed by atoms with Crippen LogP contribution < -0.4 is 0 Å². The number of amides is 2. The van der Waals surface area contributed by atoms with Crippen LogP contribution in [0, 0.1) is 6.92 Å². The monoisotopic (exact) mass is 590 g/mol.